The van der Waals surface area contributed by atoms with Gasteiger partial charge in [-0.15, -0.1) is 0 Å². The van der Waals surface area contributed by atoms with Crippen molar-refractivity contribution in [2.75, 3.05) is 6.61 Å². The van der Waals surface area contributed by atoms with E-state index in [1.54, 1.807) is 25.1 Å². The second kappa shape index (κ2) is 8.13. The fourth-order valence-corrected chi connectivity index (χ4v) is 2.21. The molecule has 0 aliphatic rings. The number of hydrogen-bond acceptors (Lipinski definition) is 2. The van der Waals surface area contributed by atoms with Crippen LogP contribution in [-0.4, -0.2) is 12.6 Å². The summed E-state index contributed by atoms with van der Waals surface area (Å²) in [5.74, 6) is -0.574. The average molecular weight is 298 g/mol. The van der Waals surface area contributed by atoms with Gasteiger partial charge in [-0.2, -0.15) is 0 Å². The maximum atomic E-state index is 12.9. The Morgan fingerprint density at radius 1 is 1.09 bits per heavy atom. The molecule has 0 amide bonds. The van der Waals surface area contributed by atoms with Crippen molar-refractivity contribution in [1.82, 2.24) is 0 Å². The Morgan fingerprint density at radius 2 is 1.77 bits per heavy atom. The molecule has 0 heterocycles. The van der Waals surface area contributed by atoms with Crippen LogP contribution < -0.4 is 0 Å². The first kappa shape index (κ1) is 16.0. The van der Waals surface area contributed by atoms with Gasteiger partial charge in [0.05, 0.1) is 6.61 Å². The number of carbonyl (C=O) groups excluding carboxylic acids is 1. The van der Waals surface area contributed by atoms with Crippen LogP contribution in [-0.2, 0) is 16.0 Å². The molecule has 2 rings (SSSR count). The second-order valence-corrected chi connectivity index (χ2v) is 4.91. The number of esters is 1. The molecule has 0 bridgehead atoms. The molecule has 0 radical (unpaired) electrons. The van der Waals surface area contributed by atoms with Crippen molar-refractivity contribution >= 4 is 11.5 Å². The first-order valence-electron chi connectivity index (χ1n) is 7.36. The van der Waals surface area contributed by atoms with Crippen molar-refractivity contribution < 1.29 is 13.9 Å². The van der Waals surface area contributed by atoms with Crippen molar-refractivity contribution in [2.45, 2.75) is 19.8 Å². The van der Waals surface area contributed by atoms with Gasteiger partial charge in [0.15, 0.2) is 0 Å². The fraction of sp³-hybridized carbons (Fsp3) is 0.211. The summed E-state index contributed by atoms with van der Waals surface area (Å²) in [5, 5.41) is 0. The number of aryl methyl sites for hydroxylation is 1. The van der Waals surface area contributed by atoms with Gasteiger partial charge < -0.3 is 4.74 Å². The lowest BCUT2D eigenvalue weighted by atomic mass is 9.98. The van der Waals surface area contributed by atoms with Crippen LogP contribution in [0.2, 0.25) is 0 Å². The van der Waals surface area contributed by atoms with Crippen molar-refractivity contribution in [3.63, 3.8) is 0 Å². The van der Waals surface area contributed by atoms with E-state index in [9.17, 15) is 9.18 Å². The zero-order valence-electron chi connectivity index (χ0n) is 12.6. The summed E-state index contributed by atoms with van der Waals surface area (Å²) < 4.78 is 17.9. The number of hydrogen-bond donors (Lipinski definition) is 0. The fourth-order valence-electron chi connectivity index (χ4n) is 2.21. The lowest BCUT2D eigenvalue weighted by Gasteiger charge is -2.08. The number of allylic oxidation sites excluding steroid dienone is 1. The van der Waals surface area contributed by atoms with Crippen molar-refractivity contribution in [3.8, 4) is 0 Å². The summed E-state index contributed by atoms with van der Waals surface area (Å²) in [6.45, 7) is 2.14. The van der Waals surface area contributed by atoms with E-state index in [0.717, 1.165) is 23.1 Å². The highest BCUT2D eigenvalue weighted by Crippen LogP contribution is 2.21. The first-order valence-corrected chi connectivity index (χ1v) is 7.36. The minimum atomic E-state index is -0.333. The molecule has 0 aliphatic carbocycles. The molecule has 2 nitrogen and oxygen atoms in total. The second-order valence-electron chi connectivity index (χ2n) is 4.91. The zero-order chi connectivity index (χ0) is 15.8. The lowest BCUT2D eigenvalue weighted by molar-refractivity contribution is -0.137. The Morgan fingerprint density at radius 3 is 2.41 bits per heavy atom. The third-order valence-corrected chi connectivity index (χ3v) is 3.32. The zero-order valence-corrected chi connectivity index (χ0v) is 12.6. The van der Waals surface area contributed by atoms with Crippen molar-refractivity contribution in [2.24, 2.45) is 0 Å². The Labute approximate surface area is 130 Å². The van der Waals surface area contributed by atoms with Gasteiger partial charge in [-0.25, -0.2) is 9.18 Å². The summed E-state index contributed by atoms with van der Waals surface area (Å²) in [4.78, 5) is 11.7. The van der Waals surface area contributed by atoms with Crippen molar-refractivity contribution in [3.05, 3.63) is 77.6 Å². The minimum absolute atomic E-state index is 0.242. The number of benzene rings is 2. The normalized spacial score (nSPS) is 11.3. The summed E-state index contributed by atoms with van der Waals surface area (Å²) in [6.07, 6.45) is 2.97. The van der Waals surface area contributed by atoms with Crippen LogP contribution in [0.25, 0.3) is 5.57 Å². The largest absolute Gasteiger partial charge is 0.463 e. The van der Waals surface area contributed by atoms with Crippen LogP contribution >= 0.6 is 0 Å². The molecule has 0 atom stereocenters. The van der Waals surface area contributed by atoms with Gasteiger partial charge in [-0.1, -0.05) is 42.5 Å². The maximum Gasteiger partial charge on any atom is 0.331 e. The Balaban J connectivity index is 2.14. The highest BCUT2D eigenvalue weighted by atomic mass is 19.1. The summed E-state index contributed by atoms with van der Waals surface area (Å²) in [5.41, 5.74) is 2.95. The van der Waals surface area contributed by atoms with Gasteiger partial charge >= 0.3 is 5.97 Å². The van der Waals surface area contributed by atoms with E-state index in [1.807, 2.05) is 30.3 Å². The quantitative estimate of drug-likeness (QED) is 0.583. The molecular weight excluding hydrogens is 279 g/mol. The minimum Gasteiger partial charge on any atom is -0.463 e. The Hall–Kier alpha value is -2.42. The van der Waals surface area contributed by atoms with Gasteiger partial charge in [0, 0.05) is 6.08 Å². The summed E-state index contributed by atoms with van der Waals surface area (Å²) in [6, 6.07) is 16.2. The van der Waals surface area contributed by atoms with Gasteiger partial charge in [0.2, 0.25) is 0 Å². The van der Waals surface area contributed by atoms with Crippen LogP contribution in [0, 0.1) is 5.82 Å². The van der Waals surface area contributed by atoms with Gasteiger partial charge in [0.1, 0.15) is 5.82 Å². The summed E-state index contributed by atoms with van der Waals surface area (Å²) >= 11 is 0. The predicted octanol–water partition coefficient (Wildman–Crippen LogP) is 4.41. The SMILES string of the molecule is CCOC(=O)/C=C(\CCc1ccc(F)cc1)c1ccccc1. The highest BCUT2D eigenvalue weighted by molar-refractivity contribution is 5.91. The van der Waals surface area contributed by atoms with Crippen LogP contribution in [0.3, 0.4) is 0 Å². The molecular formula is C19H19FO2. The first-order chi connectivity index (χ1) is 10.7. The molecule has 0 fully saturated rings. The van der Waals surface area contributed by atoms with Crippen molar-refractivity contribution in [1.29, 1.82) is 0 Å². The predicted molar refractivity (Wildman–Crippen MR) is 85.8 cm³/mol. The molecule has 22 heavy (non-hydrogen) atoms. The molecule has 0 N–H and O–H groups in total. The molecule has 114 valence electrons. The third-order valence-electron chi connectivity index (χ3n) is 3.32. The number of ether oxygens (including phenoxy) is 1. The molecule has 0 spiro atoms. The van der Waals surface area contributed by atoms with Gasteiger partial charge in [0.25, 0.3) is 0 Å². The smallest absolute Gasteiger partial charge is 0.331 e. The van der Waals surface area contributed by atoms with E-state index in [0.29, 0.717) is 13.0 Å². The summed E-state index contributed by atoms with van der Waals surface area (Å²) in [7, 11) is 0. The lowest BCUT2D eigenvalue weighted by Crippen LogP contribution is -2.02. The molecule has 2 aromatic rings. The van der Waals surface area contributed by atoms with E-state index in [2.05, 4.69) is 0 Å². The van der Waals surface area contributed by atoms with E-state index in [-0.39, 0.29) is 11.8 Å². The van der Waals surface area contributed by atoms with Crippen LogP contribution in [0.5, 0.6) is 0 Å². The molecule has 3 heteroatoms. The molecule has 0 saturated carbocycles. The highest BCUT2D eigenvalue weighted by Gasteiger charge is 2.06. The van der Waals surface area contributed by atoms with E-state index >= 15 is 0 Å². The van der Waals surface area contributed by atoms with Crippen LogP contribution in [0.1, 0.15) is 24.5 Å². The Kier molecular flexibility index (Phi) is 5.90. The molecule has 0 aliphatic heterocycles. The Bertz CT molecular complexity index is 630. The van der Waals surface area contributed by atoms with Crippen LogP contribution in [0.15, 0.2) is 60.7 Å². The van der Waals surface area contributed by atoms with Gasteiger partial charge in [-0.05, 0) is 48.6 Å². The van der Waals surface area contributed by atoms with E-state index in [4.69, 9.17) is 4.74 Å². The molecule has 0 saturated heterocycles. The van der Waals surface area contributed by atoms with E-state index in [1.165, 1.54) is 12.1 Å². The van der Waals surface area contributed by atoms with Gasteiger partial charge in [-0.3, -0.25) is 0 Å². The number of halogens is 1. The number of rotatable bonds is 6. The molecule has 0 aromatic heterocycles. The monoisotopic (exact) mass is 298 g/mol. The van der Waals surface area contributed by atoms with Crippen LogP contribution in [0.4, 0.5) is 4.39 Å². The standard InChI is InChI=1S/C19H19FO2/c1-2-22-19(21)14-17(16-6-4-3-5-7-16)11-8-15-9-12-18(20)13-10-15/h3-7,9-10,12-14H,2,8,11H2,1H3/b17-14+. The topological polar surface area (TPSA) is 26.3 Å². The molecule has 2 aromatic carbocycles. The maximum absolute atomic E-state index is 12.9. The number of carbonyl (C=O) groups is 1. The average Bonchev–Trinajstić information content (AvgIpc) is 2.54. The molecule has 0 unspecified atom stereocenters. The third kappa shape index (κ3) is 4.85. The van der Waals surface area contributed by atoms with E-state index < -0.39 is 0 Å².